The molecule has 4 saturated carbocycles. The third-order valence-corrected chi connectivity index (χ3v) is 9.62. The first-order chi connectivity index (χ1) is 11.4. The molecule has 0 bridgehead atoms. The van der Waals surface area contributed by atoms with Gasteiger partial charge in [0.2, 0.25) is 0 Å². The van der Waals surface area contributed by atoms with E-state index in [9.17, 15) is 10.2 Å². The predicted octanol–water partition coefficient (Wildman–Crippen LogP) is 5.03. The summed E-state index contributed by atoms with van der Waals surface area (Å²) in [6.45, 7) is 5.19. The molecule has 7 atom stereocenters. The second-order valence-electron chi connectivity index (χ2n) is 9.62. The fourth-order valence-corrected chi connectivity index (χ4v) is 8.24. The Hall–Kier alpha value is 0.140. The van der Waals surface area contributed by atoms with Crippen LogP contribution in [0.5, 0.6) is 0 Å². The van der Waals surface area contributed by atoms with E-state index in [0.717, 1.165) is 41.0 Å². The second-order valence-corrected chi connectivity index (χ2v) is 10.6. The number of hydrogen-bond donors (Lipinski definition) is 2. The highest BCUT2D eigenvalue weighted by atomic mass is 79.9. The maximum Gasteiger partial charge on any atom is 0.0746 e. The molecule has 0 amide bonds. The van der Waals surface area contributed by atoms with Gasteiger partial charge in [-0.25, -0.2) is 0 Å². The zero-order chi connectivity index (χ0) is 17.1. The molecular weight excluding hydrogens is 364 g/mol. The van der Waals surface area contributed by atoms with E-state index in [0.29, 0.717) is 10.8 Å². The van der Waals surface area contributed by atoms with Gasteiger partial charge in [-0.15, -0.1) is 0 Å². The third-order valence-electron chi connectivity index (χ3n) is 8.89. The van der Waals surface area contributed by atoms with Gasteiger partial charge >= 0.3 is 0 Å². The summed E-state index contributed by atoms with van der Waals surface area (Å²) in [5, 5.41) is 19.8. The standard InChI is InChI=1S/C21H33BrO2/c1-20-9-7-14(24)11-13(20)3-4-15-16-5-6-18(19(22)12-23)21(16,2)10-8-17(15)20/h13-17,23-24H,3-12H2,1-2H3/b19-18+/t13-,14+,15+,16-,17+,20+,21-/m0/s1. The van der Waals surface area contributed by atoms with Gasteiger partial charge in [0, 0.05) is 4.48 Å². The first-order valence-electron chi connectivity index (χ1n) is 10.1. The SMILES string of the molecule is C[C@@]12CC[C@@H](O)C[C@@H]1CC[C@H]1[C@H]2CC[C@]2(C)/C(=C(/Br)CO)CC[C@@H]12. The molecule has 0 aromatic carbocycles. The Balaban J connectivity index is 1.63. The van der Waals surface area contributed by atoms with Gasteiger partial charge in [-0.2, -0.15) is 0 Å². The monoisotopic (exact) mass is 396 g/mol. The van der Waals surface area contributed by atoms with Crippen LogP contribution in [0.4, 0.5) is 0 Å². The zero-order valence-corrected chi connectivity index (χ0v) is 16.8. The smallest absolute Gasteiger partial charge is 0.0746 e. The van der Waals surface area contributed by atoms with Crippen molar-refractivity contribution in [1.82, 2.24) is 0 Å². The van der Waals surface area contributed by atoms with Gasteiger partial charge in [0.15, 0.2) is 0 Å². The lowest BCUT2D eigenvalue weighted by molar-refractivity contribution is -0.116. The van der Waals surface area contributed by atoms with E-state index in [2.05, 4.69) is 29.8 Å². The van der Waals surface area contributed by atoms with Crippen molar-refractivity contribution in [2.75, 3.05) is 6.61 Å². The van der Waals surface area contributed by atoms with E-state index < -0.39 is 0 Å². The van der Waals surface area contributed by atoms with E-state index in [-0.39, 0.29) is 12.7 Å². The predicted molar refractivity (Wildman–Crippen MR) is 101 cm³/mol. The molecule has 0 saturated heterocycles. The van der Waals surface area contributed by atoms with Crippen LogP contribution in [0.2, 0.25) is 0 Å². The van der Waals surface area contributed by atoms with Crippen LogP contribution in [0, 0.1) is 34.5 Å². The normalized spacial score (nSPS) is 53.1. The lowest BCUT2D eigenvalue weighted by atomic mass is 9.45. The van der Waals surface area contributed by atoms with Crippen molar-refractivity contribution >= 4 is 15.9 Å². The summed E-state index contributed by atoms with van der Waals surface area (Å²) in [5.74, 6) is 3.26. The summed E-state index contributed by atoms with van der Waals surface area (Å²) in [7, 11) is 0. The minimum atomic E-state index is -0.0463. The van der Waals surface area contributed by atoms with Crippen molar-refractivity contribution in [3.63, 3.8) is 0 Å². The van der Waals surface area contributed by atoms with E-state index in [1.165, 1.54) is 50.5 Å². The Morgan fingerprint density at radius 1 is 1.08 bits per heavy atom. The van der Waals surface area contributed by atoms with Gasteiger partial charge in [0.05, 0.1) is 12.7 Å². The number of fused-ring (bicyclic) bond motifs is 5. The van der Waals surface area contributed by atoms with Crippen LogP contribution < -0.4 is 0 Å². The number of hydrogen-bond acceptors (Lipinski definition) is 2. The average molecular weight is 397 g/mol. The fourth-order valence-electron chi connectivity index (χ4n) is 7.59. The molecule has 136 valence electrons. The Kier molecular flexibility index (Phi) is 4.46. The molecule has 0 spiro atoms. The van der Waals surface area contributed by atoms with Crippen molar-refractivity contribution in [2.45, 2.75) is 77.7 Å². The van der Waals surface area contributed by atoms with Crippen LogP contribution in [0.25, 0.3) is 0 Å². The largest absolute Gasteiger partial charge is 0.393 e. The van der Waals surface area contributed by atoms with Crippen LogP contribution in [0.15, 0.2) is 10.1 Å². The molecule has 4 rings (SSSR count). The molecule has 3 heteroatoms. The van der Waals surface area contributed by atoms with E-state index in [1.54, 1.807) is 0 Å². The minimum Gasteiger partial charge on any atom is -0.393 e. The molecule has 0 aromatic heterocycles. The number of aliphatic hydroxyl groups is 2. The van der Waals surface area contributed by atoms with Gasteiger partial charge in [0.1, 0.15) is 0 Å². The van der Waals surface area contributed by atoms with Crippen molar-refractivity contribution < 1.29 is 10.2 Å². The molecule has 4 fully saturated rings. The third kappa shape index (κ3) is 2.41. The molecule has 0 radical (unpaired) electrons. The fraction of sp³-hybridized carbons (Fsp3) is 0.905. The maximum atomic E-state index is 10.1. The number of allylic oxidation sites excluding steroid dienone is 1. The highest BCUT2D eigenvalue weighted by Crippen LogP contribution is 2.67. The van der Waals surface area contributed by atoms with Gasteiger partial charge < -0.3 is 10.2 Å². The number of halogens is 1. The Morgan fingerprint density at radius 2 is 1.88 bits per heavy atom. The van der Waals surface area contributed by atoms with Gasteiger partial charge in [-0.3, -0.25) is 0 Å². The number of aliphatic hydroxyl groups excluding tert-OH is 2. The van der Waals surface area contributed by atoms with Gasteiger partial charge in [-0.1, -0.05) is 35.4 Å². The van der Waals surface area contributed by atoms with E-state index in [1.807, 2.05) is 0 Å². The summed E-state index contributed by atoms with van der Waals surface area (Å²) in [4.78, 5) is 0. The highest BCUT2D eigenvalue weighted by molar-refractivity contribution is 9.11. The molecule has 0 heterocycles. The van der Waals surface area contributed by atoms with Crippen LogP contribution in [0.3, 0.4) is 0 Å². The van der Waals surface area contributed by atoms with Crippen LogP contribution in [-0.4, -0.2) is 22.9 Å². The first-order valence-corrected chi connectivity index (χ1v) is 10.9. The summed E-state index contributed by atoms with van der Waals surface area (Å²) < 4.78 is 1.06. The maximum absolute atomic E-state index is 10.1. The Bertz CT molecular complexity index is 544. The Morgan fingerprint density at radius 3 is 2.62 bits per heavy atom. The topological polar surface area (TPSA) is 40.5 Å². The van der Waals surface area contributed by atoms with Gasteiger partial charge in [0.25, 0.3) is 0 Å². The summed E-state index contributed by atoms with van der Waals surface area (Å²) >= 11 is 3.66. The van der Waals surface area contributed by atoms with Crippen molar-refractivity contribution in [3.8, 4) is 0 Å². The quantitative estimate of drug-likeness (QED) is 0.652. The molecule has 2 N–H and O–H groups in total. The minimum absolute atomic E-state index is 0.0463. The van der Waals surface area contributed by atoms with E-state index >= 15 is 0 Å². The van der Waals surface area contributed by atoms with Crippen molar-refractivity contribution in [1.29, 1.82) is 0 Å². The number of rotatable bonds is 1. The molecule has 4 aliphatic rings. The molecule has 4 aliphatic carbocycles. The molecule has 0 aliphatic heterocycles. The van der Waals surface area contributed by atoms with E-state index in [4.69, 9.17) is 0 Å². The molecule has 0 aromatic rings. The zero-order valence-electron chi connectivity index (χ0n) is 15.2. The van der Waals surface area contributed by atoms with Crippen molar-refractivity contribution in [2.24, 2.45) is 34.5 Å². The molecule has 2 nitrogen and oxygen atoms in total. The molecule has 0 unspecified atom stereocenters. The highest BCUT2D eigenvalue weighted by Gasteiger charge is 2.59. The summed E-state index contributed by atoms with van der Waals surface area (Å²) in [6.07, 6.45) is 11.0. The second kappa shape index (κ2) is 6.09. The summed E-state index contributed by atoms with van der Waals surface area (Å²) in [5.41, 5.74) is 2.28. The van der Waals surface area contributed by atoms with Gasteiger partial charge in [-0.05, 0) is 92.3 Å². The van der Waals surface area contributed by atoms with Crippen LogP contribution in [0.1, 0.15) is 71.6 Å². The first kappa shape index (κ1) is 17.5. The molecular formula is C21H33BrO2. The lowest BCUT2D eigenvalue weighted by Crippen LogP contribution is -2.53. The average Bonchev–Trinajstić information content (AvgIpc) is 2.92. The summed E-state index contributed by atoms with van der Waals surface area (Å²) in [6, 6.07) is 0. The molecule has 24 heavy (non-hydrogen) atoms. The Labute approximate surface area is 155 Å². The van der Waals surface area contributed by atoms with Crippen molar-refractivity contribution in [3.05, 3.63) is 10.1 Å². The van der Waals surface area contributed by atoms with Crippen LogP contribution >= 0.6 is 15.9 Å². The lowest BCUT2D eigenvalue weighted by Gasteiger charge is -2.60. The van der Waals surface area contributed by atoms with Crippen LogP contribution in [-0.2, 0) is 0 Å².